The van der Waals surface area contributed by atoms with Crippen LogP contribution in [0.1, 0.15) is 23.2 Å². The van der Waals surface area contributed by atoms with E-state index in [1.165, 1.54) is 4.88 Å². The van der Waals surface area contributed by atoms with Crippen LogP contribution in [0.4, 0.5) is 0 Å². The summed E-state index contributed by atoms with van der Waals surface area (Å²) in [5.74, 6) is 0.136. The van der Waals surface area contributed by atoms with Gasteiger partial charge in [0.25, 0.3) is 0 Å². The molecule has 2 aromatic rings. The Morgan fingerprint density at radius 3 is 3.17 bits per heavy atom. The van der Waals surface area contributed by atoms with Crippen molar-refractivity contribution in [3.05, 3.63) is 46.2 Å². The van der Waals surface area contributed by atoms with Gasteiger partial charge in [0, 0.05) is 29.8 Å². The van der Waals surface area contributed by atoms with Crippen LogP contribution in [-0.4, -0.2) is 20.6 Å². The van der Waals surface area contributed by atoms with Crippen LogP contribution in [0.2, 0.25) is 0 Å². The van der Waals surface area contributed by atoms with E-state index >= 15 is 0 Å². The summed E-state index contributed by atoms with van der Waals surface area (Å²) in [7, 11) is 0. The zero-order chi connectivity index (χ0) is 13.0. The van der Waals surface area contributed by atoms with Gasteiger partial charge >= 0.3 is 5.97 Å². The molecule has 0 radical (unpaired) electrons. The summed E-state index contributed by atoms with van der Waals surface area (Å²) in [6.07, 6.45) is 7.44. The molecule has 0 aliphatic carbocycles. The van der Waals surface area contributed by atoms with Crippen molar-refractivity contribution in [2.75, 3.05) is 0 Å². The molecule has 2 aromatic heterocycles. The molecular weight excluding hydrogens is 248 g/mol. The number of aryl methyl sites for hydroxylation is 1. The Morgan fingerprint density at radius 1 is 1.61 bits per heavy atom. The summed E-state index contributed by atoms with van der Waals surface area (Å²) in [5, 5.41) is 10.5. The van der Waals surface area contributed by atoms with Crippen LogP contribution >= 0.6 is 11.3 Å². The number of carboxylic acids is 1. The Morgan fingerprint density at radius 2 is 2.44 bits per heavy atom. The van der Waals surface area contributed by atoms with Crippen molar-refractivity contribution >= 4 is 23.4 Å². The monoisotopic (exact) mass is 262 g/mol. The van der Waals surface area contributed by atoms with Crippen molar-refractivity contribution in [1.29, 1.82) is 0 Å². The van der Waals surface area contributed by atoms with Crippen molar-refractivity contribution in [3.63, 3.8) is 0 Å². The molecule has 1 N–H and O–H groups in total. The molecule has 0 unspecified atom stereocenters. The third kappa shape index (κ3) is 3.07. The Balaban J connectivity index is 2.09. The van der Waals surface area contributed by atoms with E-state index in [1.54, 1.807) is 23.6 Å². The summed E-state index contributed by atoms with van der Waals surface area (Å²) in [5.41, 5.74) is 0.926. The van der Waals surface area contributed by atoms with E-state index in [2.05, 4.69) is 16.5 Å². The third-order valence-electron chi connectivity index (χ3n) is 2.54. The molecule has 94 valence electrons. The van der Waals surface area contributed by atoms with Gasteiger partial charge in [0.2, 0.25) is 0 Å². The molecule has 0 amide bonds. The number of imidazole rings is 1. The van der Waals surface area contributed by atoms with E-state index in [0.29, 0.717) is 0 Å². The highest BCUT2D eigenvalue weighted by Crippen LogP contribution is 2.18. The lowest BCUT2D eigenvalue weighted by Crippen LogP contribution is -2.01. The van der Waals surface area contributed by atoms with Gasteiger partial charge in [0.05, 0.1) is 6.54 Å². The van der Waals surface area contributed by atoms with Crippen LogP contribution in [0.5, 0.6) is 0 Å². The van der Waals surface area contributed by atoms with E-state index in [1.807, 2.05) is 17.6 Å². The second-order valence-electron chi connectivity index (χ2n) is 3.84. The Kier molecular flexibility index (Phi) is 3.94. The molecule has 0 fully saturated rings. The first kappa shape index (κ1) is 12.6. The zero-order valence-electron chi connectivity index (χ0n) is 10.0. The summed E-state index contributed by atoms with van der Waals surface area (Å²) in [6, 6.07) is 2.00. The van der Waals surface area contributed by atoms with Crippen LogP contribution < -0.4 is 0 Å². The maximum atomic E-state index is 10.4. The molecule has 0 atom stereocenters. The maximum absolute atomic E-state index is 10.4. The topological polar surface area (TPSA) is 55.1 Å². The zero-order valence-corrected chi connectivity index (χ0v) is 10.9. The lowest BCUT2D eigenvalue weighted by atomic mass is 10.3. The fourth-order valence-corrected chi connectivity index (χ4v) is 2.55. The van der Waals surface area contributed by atoms with Gasteiger partial charge < -0.3 is 9.67 Å². The minimum Gasteiger partial charge on any atom is -0.478 e. The second-order valence-corrected chi connectivity index (χ2v) is 4.84. The van der Waals surface area contributed by atoms with E-state index in [9.17, 15) is 4.79 Å². The molecular formula is C13H14N2O2S. The highest BCUT2D eigenvalue weighted by molar-refractivity contribution is 7.10. The Labute approximate surface area is 109 Å². The molecule has 4 nitrogen and oxygen atoms in total. The number of aromatic nitrogens is 2. The largest absolute Gasteiger partial charge is 0.478 e. The van der Waals surface area contributed by atoms with E-state index < -0.39 is 5.97 Å². The normalized spacial score (nSPS) is 11.2. The summed E-state index contributed by atoms with van der Waals surface area (Å²) < 4.78 is 2.11. The molecule has 0 aliphatic rings. The average Bonchev–Trinajstić information content (AvgIpc) is 2.96. The smallest absolute Gasteiger partial charge is 0.328 e. The molecule has 0 aliphatic heterocycles. The second kappa shape index (κ2) is 5.64. The van der Waals surface area contributed by atoms with Gasteiger partial charge in [-0.3, -0.25) is 0 Å². The summed E-state index contributed by atoms with van der Waals surface area (Å²) in [4.78, 5) is 15.9. The van der Waals surface area contributed by atoms with Crippen LogP contribution in [-0.2, 0) is 17.8 Å². The first-order valence-corrected chi connectivity index (χ1v) is 6.55. The van der Waals surface area contributed by atoms with Gasteiger partial charge in [0.15, 0.2) is 0 Å². The van der Waals surface area contributed by atoms with Gasteiger partial charge in [-0.15, -0.1) is 11.3 Å². The standard InChI is InChI=1S/C13H14N2O2S/c1-2-12-14-5-6-15(12)8-11-7-10(9-18-11)3-4-13(16)17/h3-7,9H,2,8H2,1H3,(H,16,17). The molecule has 0 spiro atoms. The van der Waals surface area contributed by atoms with Crippen molar-refractivity contribution in [1.82, 2.24) is 9.55 Å². The predicted molar refractivity (Wildman–Crippen MR) is 71.7 cm³/mol. The Hall–Kier alpha value is -1.88. The summed E-state index contributed by atoms with van der Waals surface area (Å²) >= 11 is 1.63. The van der Waals surface area contributed by atoms with Crippen LogP contribution in [0.15, 0.2) is 29.9 Å². The molecule has 0 saturated heterocycles. The lowest BCUT2D eigenvalue weighted by molar-refractivity contribution is -0.131. The maximum Gasteiger partial charge on any atom is 0.328 e. The minimum atomic E-state index is -0.925. The van der Waals surface area contributed by atoms with E-state index in [-0.39, 0.29) is 0 Å². The first-order chi connectivity index (χ1) is 8.69. The van der Waals surface area contributed by atoms with Crippen molar-refractivity contribution < 1.29 is 9.90 Å². The van der Waals surface area contributed by atoms with Gasteiger partial charge in [0.1, 0.15) is 5.82 Å². The van der Waals surface area contributed by atoms with Gasteiger partial charge in [-0.1, -0.05) is 6.92 Å². The number of hydrogen-bond acceptors (Lipinski definition) is 3. The molecule has 0 aromatic carbocycles. The fourth-order valence-electron chi connectivity index (χ4n) is 1.70. The van der Waals surface area contributed by atoms with Crippen LogP contribution in [0, 0.1) is 0 Å². The van der Waals surface area contributed by atoms with Crippen LogP contribution in [0.25, 0.3) is 6.08 Å². The van der Waals surface area contributed by atoms with E-state index in [4.69, 9.17) is 5.11 Å². The quantitative estimate of drug-likeness (QED) is 0.843. The fraction of sp³-hybridized carbons (Fsp3) is 0.231. The number of hydrogen-bond donors (Lipinski definition) is 1. The minimum absolute atomic E-state index is 0.786. The van der Waals surface area contributed by atoms with Crippen molar-refractivity contribution in [2.45, 2.75) is 19.9 Å². The van der Waals surface area contributed by atoms with Gasteiger partial charge in [-0.25, -0.2) is 9.78 Å². The number of carbonyl (C=O) groups is 1. The first-order valence-electron chi connectivity index (χ1n) is 5.67. The molecule has 5 heteroatoms. The number of nitrogens with zero attached hydrogens (tertiary/aromatic N) is 2. The lowest BCUT2D eigenvalue weighted by Gasteiger charge is -2.03. The third-order valence-corrected chi connectivity index (χ3v) is 3.48. The molecule has 0 bridgehead atoms. The summed E-state index contributed by atoms with van der Waals surface area (Å²) in [6.45, 7) is 2.86. The average molecular weight is 262 g/mol. The molecule has 18 heavy (non-hydrogen) atoms. The number of rotatable bonds is 5. The molecule has 2 rings (SSSR count). The predicted octanol–water partition coefficient (Wildman–Crippen LogP) is 2.65. The number of carboxylic acid groups (broad SMARTS) is 1. The molecule has 2 heterocycles. The van der Waals surface area contributed by atoms with Gasteiger partial charge in [-0.2, -0.15) is 0 Å². The number of thiophene rings is 1. The van der Waals surface area contributed by atoms with Crippen molar-refractivity contribution in [3.8, 4) is 0 Å². The van der Waals surface area contributed by atoms with Crippen molar-refractivity contribution in [2.24, 2.45) is 0 Å². The highest BCUT2D eigenvalue weighted by atomic mass is 32.1. The van der Waals surface area contributed by atoms with E-state index in [0.717, 1.165) is 30.4 Å². The highest BCUT2D eigenvalue weighted by Gasteiger charge is 2.03. The van der Waals surface area contributed by atoms with Crippen LogP contribution in [0.3, 0.4) is 0 Å². The molecule has 0 saturated carbocycles. The Bertz CT molecular complexity index is 569. The number of aliphatic carboxylic acids is 1. The SMILES string of the molecule is CCc1nccn1Cc1cc(C=CC(=O)O)cs1. The van der Waals surface area contributed by atoms with Gasteiger partial charge in [-0.05, 0) is 23.1 Å².